The van der Waals surface area contributed by atoms with Crippen LogP contribution in [0.4, 0.5) is 0 Å². The monoisotopic (exact) mass is 799 g/mol. The lowest BCUT2D eigenvalue weighted by molar-refractivity contribution is -0.166. The summed E-state index contributed by atoms with van der Waals surface area (Å²) in [5.74, 6) is -1.08. The number of esters is 1. The van der Waals surface area contributed by atoms with E-state index >= 15 is 0 Å². The van der Waals surface area contributed by atoms with Gasteiger partial charge in [-0.2, -0.15) is 0 Å². The van der Waals surface area contributed by atoms with Crippen molar-refractivity contribution in [3.05, 3.63) is 47.0 Å². The Hall–Kier alpha value is -3.38. The van der Waals surface area contributed by atoms with Gasteiger partial charge in [-0.05, 0) is 80.1 Å². The van der Waals surface area contributed by atoms with E-state index in [1.165, 1.54) is 9.80 Å². The molecule has 3 heterocycles. The zero-order chi connectivity index (χ0) is 40.6. The van der Waals surface area contributed by atoms with Gasteiger partial charge >= 0.3 is 5.97 Å². The lowest BCUT2D eigenvalue weighted by atomic mass is 9.83. The van der Waals surface area contributed by atoms with Gasteiger partial charge in [-0.15, -0.1) is 11.8 Å². The second kappa shape index (κ2) is 19.7. The van der Waals surface area contributed by atoms with Crippen LogP contribution in [0.5, 0.6) is 0 Å². The third kappa shape index (κ3) is 11.8. The van der Waals surface area contributed by atoms with Crippen molar-refractivity contribution in [1.82, 2.24) is 20.0 Å². The van der Waals surface area contributed by atoms with E-state index in [1.807, 2.05) is 32.1 Å². The minimum Gasteiger partial charge on any atom is -0.460 e. The molecule has 13 heteroatoms. The number of amides is 4. The third-order valence-corrected chi connectivity index (χ3v) is 12.7. The number of hydrogen-bond donors (Lipinski definition) is 1. The molecule has 1 fully saturated rings. The number of hydrogen-bond acceptors (Lipinski definition) is 8. The van der Waals surface area contributed by atoms with Gasteiger partial charge in [0, 0.05) is 44.3 Å². The number of halogens is 1. The Labute approximate surface area is 337 Å². The minimum atomic E-state index is -0.957. The van der Waals surface area contributed by atoms with Crippen molar-refractivity contribution in [3.8, 4) is 0 Å². The second-order valence-corrected chi connectivity index (χ2v) is 18.3. The number of benzene rings is 1. The Morgan fingerprint density at radius 1 is 1.00 bits per heavy atom. The van der Waals surface area contributed by atoms with Gasteiger partial charge in [-0.25, -0.2) is 4.79 Å². The maximum absolute atomic E-state index is 14.5. The number of allylic oxidation sites excluding steroid dienone is 1. The maximum Gasteiger partial charge on any atom is 0.329 e. The van der Waals surface area contributed by atoms with Crippen LogP contribution in [0.1, 0.15) is 99.0 Å². The normalized spacial score (nSPS) is 29.9. The molecule has 1 aromatic carbocycles. The molecule has 0 aromatic heterocycles. The fourth-order valence-electron chi connectivity index (χ4n) is 7.45. The summed E-state index contributed by atoms with van der Waals surface area (Å²) in [6, 6.07) is 3.55. The van der Waals surface area contributed by atoms with E-state index in [2.05, 4.69) is 39.1 Å². The number of fused-ring (bicyclic) bond motifs is 2. The molecule has 1 aromatic rings. The van der Waals surface area contributed by atoms with Gasteiger partial charge in [-0.3, -0.25) is 24.2 Å². The van der Waals surface area contributed by atoms with E-state index in [-0.39, 0.29) is 54.1 Å². The van der Waals surface area contributed by atoms with Crippen LogP contribution in [0, 0.1) is 17.3 Å². The molecule has 1 saturated heterocycles. The maximum atomic E-state index is 14.5. The predicted octanol–water partition coefficient (Wildman–Crippen LogP) is 6.32. The lowest BCUT2D eigenvalue weighted by Gasteiger charge is -2.39. The highest BCUT2D eigenvalue weighted by Gasteiger charge is 2.44. The van der Waals surface area contributed by atoms with Gasteiger partial charge in [-0.1, -0.05) is 77.8 Å². The van der Waals surface area contributed by atoms with E-state index in [4.69, 9.17) is 21.3 Å². The highest BCUT2D eigenvalue weighted by Crippen LogP contribution is 2.32. The van der Waals surface area contributed by atoms with Crippen molar-refractivity contribution in [2.45, 2.75) is 136 Å². The van der Waals surface area contributed by atoms with Crippen LogP contribution >= 0.6 is 23.4 Å². The van der Waals surface area contributed by atoms with Crippen LogP contribution in [-0.2, 0) is 35.1 Å². The quantitative estimate of drug-likeness (QED) is 0.354. The van der Waals surface area contributed by atoms with E-state index in [0.717, 1.165) is 22.8 Å². The summed E-state index contributed by atoms with van der Waals surface area (Å²) < 4.78 is 6.28. The van der Waals surface area contributed by atoms with Gasteiger partial charge in [0.25, 0.3) is 0 Å². The van der Waals surface area contributed by atoms with Crippen LogP contribution < -0.4 is 5.32 Å². The zero-order valence-corrected chi connectivity index (χ0v) is 35.8. The Bertz CT molecular complexity index is 1600. The van der Waals surface area contributed by atoms with Crippen LogP contribution in [0.2, 0.25) is 5.02 Å². The first-order chi connectivity index (χ1) is 25.9. The fourth-order valence-corrected chi connectivity index (χ4v) is 8.60. The van der Waals surface area contributed by atoms with Crippen molar-refractivity contribution in [2.24, 2.45) is 22.2 Å². The summed E-state index contributed by atoms with van der Waals surface area (Å²) in [5.41, 5.74) is 0.476. The zero-order valence-electron chi connectivity index (χ0n) is 34.2. The first-order valence-electron chi connectivity index (χ1n) is 19.9. The van der Waals surface area contributed by atoms with Gasteiger partial charge < -0.3 is 24.8 Å². The summed E-state index contributed by atoms with van der Waals surface area (Å²) in [4.78, 5) is 79.5. The summed E-state index contributed by atoms with van der Waals surface area (Å²) in [5, 5.41) is 4.43. The van der Waals surface area contributed by atoms with Crippen LogP contribution in [0.25, 0.3) is 0 Å². The smallest absolute Gasteiger partial charge is 0.329 e. The van der Waals surface area contributed by atoms with Crippen molar-refractivity contribution < 1.29 is 28.7 Å². The molecule has 8 atom stereocenters. The lowest BCUT2D eigenvalue weighted by Crippen LogP contribution is -2.59. The number of thioether (sulfide) groups is 1. The standard InChI is InChI=1S/C42H62ClN5O6S/c1-10-27(3)37-40(52)48-22-12-14-33(48)41(53)54-34(42(5,6)7)23-26(2)13-11-15-36-44-31(25-55-36)20-21-35(49)45-32(24-29-16-18-30(43)19-17-29)39(51)46(8)28(4)38(50)47(37)9/h11,15-19,26-28,31-34,37H,10,12-14,20-25H2,1-9H3,(H,45,49)/b15-11+/t26-,27-,28-,31-,32-,33-,34-,37-/m0/s1. The van der Waals surface area contributed by atoms with E-state index in [0.29, 0.717) is 43.7 Å². The molecule has 4 rings (SSSR count). The summed E-state index contributed by atoms with van der Waals surface area (Å²) in [7, 11) is 3.14. The molecule has 55 heavy (non-hydrogen) atoms. The number of ether oxygens (including phenoxy) is 1. The molecule has 3 aliphatic rings. The van der Waals surface area contributed by atoms with E-state index in [9.17, 15) is 24.0 Å². The topological polar surface area (TPSA) is 129 Å². The van der Waals surface area contributed by atoms with Crippen molar-refractivity contribution in [3.63, 3.8) is 0 Å². The molecular formula is C42H62ClN5O6S. The SMILES string of the molecule is CC[C@H](C)[C@H]1C(=O)N2CCC[C@H]2C(=O)O[C@H](C(C)(C)C)C[C@@H](C)C/C=C/C2=N[C@@H](CCC(=O)N[C@@H](Cc3ccc(Cl)cc3)C(=O)N(C)[C@@H](C)C(=O)N1C)CS2. The number of nitrogens with one attached hydrogen (secondary N) is 1. The van der Waals surface area contributed by atoms with Crippen LogP contribution in [0.15, 0.2) is 41.4 Å². The van der Waals surface area contributed by atoms with Gasteiger partial charge in [0.1, 0.15) is 30.3 Å². The van der Waals surface area contributed by atoms with Crippen LogP contribution in [-0.4, -0.2) is 112 Å². The minimum absolute atomic E-state index is 0.0235. The molecule has 0 aliphatic carbocycles. The van der Waals surface area contributed by atoms with Gasteiger partial charge in [0.15, 0.2) is 0 Å². The van der Waals surface area contributed by atoms with Gasteiger partial charge in [0.05, 0.1) is 11.1 Å². The first-order valence-corrected chi connectivity index (χ1v) is 21.2. The summed E-state index contributed by atoms with van der Waals surface area (Å²) in [6.45, 7) is 14.2. The molecular weight excluding hydrogens is 738 g/mol. The van der Waals surface area contributed by atoms with Crippen LogP contribution in [0.3, 0.4) is 0 Å². The molecule has 11 nitrogen and oxygen atoms in total. The molecule has 304 valence electrons. The Balaban J connectivity index is 1.67. The predicted molar refractivity (Wildman–Crippen MR) is 220 cm³/mol. The average molecular weight is 801 g/mol. The number of carbonyl (C=O) groups excluding carboxylic acids is 5. The largest absolute Gasteiger partial charge is 0.460 e. The molecule has 0 saturated carbocycles. The molecule has 2 bridgehead atoms. The summed E-state index contributed by atoms with van der Waals surface area (Å²) >= 11 is 7.79. The summed E-state index contributed by atoms with van der Waals surface area (Å²) in [6.07, 6.45) is 7.89. The number of rotatable bonds is 4. The average Bonchev–Trinajstić information content (AvgIpc) is 3.82. The molecule has 4 amide bonds. The molecule has 0 radical (unpaired) electrons. The molecule has 0 unspecified atom stereocenters. The number of likely N-dealkylation sites (N-methyl/N-ethyl adjacent to an activating group) is 2. The number of aliphatic imine (C=N–C) groups is 1. The number of carbonyl (C=O) groups is 5. The number of cyclic esters (lactones) is 1. The third-order valence-electron chi connectivity index (χ3n) is 11.4. The molecule has 1 N–H and O–H groups in total. The highest BCUT2D eigenvalue weighted by atomic mass is 35.5. The Morgan fingerprint density at radius 3 is 2.35 bits per heavy atom. The molecule has 0 spiro atoms. The van der Waals surface area contributed by atoms with Crippen molar-refractivity contribution >= 4 is 58.0 Å². The molecule has 3 aliphatic heterocycles. The number of nitrogens with zero attached hydrogens (tertiary/aromatic N) is 4. The van der Waals surface area contributed by atoms with Gasteiger partial charge in [0.2, 0.25) is 23.6 Å². The van der Waals surface area contributed by atoms with E-state index in [1.54, 1.807) is 49.8 Å². The van der Waals surface area contributed by atoms with Crippen molar-refractivity contribution in [1.29, 1.82) is 0 Å². The fraction of sp³-hybridized carbons (Fsp3) is 0.667. The Morgan fingerprint density at radius 2 is 1.69 bits per heavy atom. The first kappa shape index (κ1) is 44.3. The second-order valence-electron chi connectivity index (χ2n) is 16.8. The Kier molecular flexibility index (Phi) is 15.8. The van der Waals surface area contributed by atoms with Crippen molar-refractivity contribution in [2.75, 3.05) is 26.4 Å². The van der Waals surface area contributed by atoms with E-state index < -0.39 is 42.0 Å². The highest BCUT2D eigenvalue weighted by molar-refractivity contribution is 8.14.